The zero-order chi connectivity index (χ0) is 13.5. The lowest BCUT2D eigenvalue weighted by atomic mass is 10.1. The molecule has 0 atom stereocenters. The van der Waals surface area contributed by atoms with E-state index in [1.54, 1.807) is 18.0 Å². The fourth-order valence-electron chi connectivity index (χ4n) is 1.61. The number of carbonyl (C=O) groups excluding carboxylic acids is 1. The molecule has 0 aliphatic carbocycles. The Hall–Kier alpha value is -0.930. The zero-order valence-electron chi connectivity index (χ0n) is 10.3. The minimum Gasteiger partial charge on any atom is -0.507 e. The molecule has 0 saturated heterocycles. The van der Waals surface area contributed by atoms with Gasteiger partial charge in [-0.05, 0) is 31.0 Å². The normalized spacial score (nSPS) is 10.4. The Bertz CT molecular complexity index is 410. The van der Waals surface area contributed by atoms with Gasteiger partial charge in [0.05, 0.1) is 5.56 Å². The summed E-state index contributed by atoms with van der Waals surface area (Å²) in [4.78, 5) is 13.6. The highest BCUT2D eigenvalue weighted by Crippen LogP contribution is 2.22. The van der Waals surface area contributed by atoms with E-state index in [1.807, 2.05) is 0 Å². The monoisotopic (exact) mass is 289 g/mol. The maximum atomic E-state index is 12.1. The summed E-state index contributed by atoms with van der Waals surface area (Å²) in [6.45, 7) is 0.641. The smallest absolute Gasteiger partial charge is 0.257 e. The summed E-state index contributed by atoms with van der Waals surface area (Å²) < 4.78 is 0. The molecule has 5 heteroatoms. The predicted octanol–water partition coefficient (Wildman–Crippen LogP) is 3.53. The maximum absolute atomic E-state index is 12.1. The number of hydrogen-bond donors (Lipinski definition) is 1. The average molecular weight is 290 g/mol. The van der Waals surface area contributed by atoms with Crippen molar-refractivity contribution in [2.24, 2.45) is 0 Å². The maximum Gasteiger partial charge on any atom is 0.257 e. The van der Waals surface area contributed by atoms with Crippen molar-refractivity contribution in [3.8, 4) is 5.75 Å². The van der Waals surface area contributed by atoms with Crippen LogP contribution in [0.2, 0.25) is 5.02 Å². The second-order valence-corrected chi connectivity index (χ2v) is 4.95. The van der Waals surface area contributed by atoms with E-state index in [4.69, 9.17) is 23.2 Å². The molecular formula is C13H17Cl2NO2. The molecule has 0 heterocycles. The van der Waals surface area contributed by atoms with E-state index in [0.29, 0.717) is 17.4 Å². The highest BCUT2D eigenvalue weighted by molar-refractivity contribution is 6.31. The number of unbranched alkanes of at least 4 members (excludes halogenated alkanes) is 2. The van der Waals surface area contributed by atoms with Gasteiger partial charge in [-0.1, -0.05) is 18.0 Å². The van der Waals surface area contributed by atoms with Gasteiger partial charge in [-0.3, -0.25) is 4.79 Å². The summed E-state index contributed by atoms with van der Waals surface area (Å²) >= 11 is 11.4. The van der Waals surface area contributed by atoms with Gasteiger partial charge in [0, 0.05) is 24.5 Å². The van der Waals surface area contributed by atoms with Gasteiger partial charge in [0.15, 0.2) is 0 Å². The third kappa shape index (κ3) is 4.39. The van der Waals surface area contributed by atoms with E-state index in [9.17, 15) is 9.90 Å². The molecule has 0 unspecified atom stereocenters. The van der Waals surface area contributed by atoms with Crippen LogP contribution in [0.1, 0.15) is 29.6 Å². The molecule has 0 saturated carbocycles. The van der Waals surface area contributed by atoms with Gasteiger partial charge in [0.25, 0.3) is 5.91 Å². The highest BCUT2D eigenvalue weighted by atomic mass is 35.5. The summed E-state index contributed by atoms with van der Waals surface area (Å²) in [5.74, 6) is 0.380. The zero-order valence-corrected chi connectivity index (χ0v) is 11.8. The fourth-order valence-corrected chi connectivity index (χ4v) is 1.97. The molecule has 18 heavy (non-hydrogen) atoms. The van der Waals surface area contributed by atoms with E-state index >= 15 is 0 Å². The molecule has 0 aromatic heterocycles. The molecule has 1 rings (SSSR count). The standard InChI is InChI=1S/C13H17Cl2NO2/c1-16(8-4-2-3-7-14)13(18)11-9-10(15)5-6-12(11)17/h5-6,9,17H,2-4,7-8H2,1H3. The van der Waals surface area contributed by atoms with Crippen molar-refractivity contribution in [1.29, 1.82) is 0 Å². The minimum atomic E-state index is -0.221. The molecule has 0 aliphatic rings. The lowest BCUT2D eigenvalue weighted by Gasteiger charge is -2.17. The average Bonchev–Trinajstić information content (AvgIpc) is 2.36. The Morgan fingerprint density at radius 1 is 1.33 bits per heavy atom. The van der Waals surface area contributed by atoms with Crippen LogP contribution in [0.3, 0.4) is 0 Å². The van der Waals surface area contributed by atoms with Crippen molar-refractivity contribution in [2.45, 2.75) is 19.3 Å². The number of phenols is 1. The first-order chi connectivity index (χ1) is 8.56. The number of rotatable bonds is 6. The van der Waals surface area contributed by atoms with Crippen LogP contribution in [0.4, 0.5) is 0 Å². The minimum absolute atomic E-state index is 0.0444. The lowest BCUT2D eigenvalue weighted by molar-refractivity contribution is 0.0789. The Balaban J connectivity index is 2.60. The Morgan fingerprint density at radius 2 is 2.06 bits per heavy atom. The third-order valence-electron chi connectivity index (χ3n) is 2.66. The van der Waals surface area contributed by atoms with Crippen molar-refractivity contribution >= 4 is 29.1 Å². The summed E-state index contributed by atoms with van der Waals surface area (Å²) in [6.07, 6.45) is 2.84. The van der Waals surface area contributed by atoms with Gasteiger partial charge in [0.2, 0.25) is 0 Å². The first-order valence-electron chi connectivity index (χ1n) is 5.86. The molecule has 0 aliphatic heterocycles. The van der Waals surface area contributed by atoms with Gasteiger partial charge in [-0.2, -0.15) is 0 Å². The second kappa shape index (κ2) is 7.49. The van der Waals surface area contributed by atoms with E-state index in [-0.39, 0.29) is 17.2 Å². The Kier molecular flexibility index (Phi) is 6.30. The summed E-state index contributed by atoms with van der Waals surface area (Å²) in [6, 6.07) is 4.46. The van der Waals surface area contributed by atoms with Crippen molar-refractivity contribution in [1.82, 2.24) is 4.90 Å². The molecule has 0 radical (unpaired) electrons. The molecule has 1 N–H and O–H groups in total. The lowest BCUT2D eigenvalue weighted by Crippen LogP contribution is -2.27. The van der Waals surface area contributed by atoms with Crippen LogP contribution >= 0.6 is 23.2 Å². The summed E-state index contributed by atoms with van der Waals surface area (Å²) in [5.41, 5.74) is 0.238. The summed E-state index contributed by atoms with van der Waals surface area (Å²) in [5, 5.41) is 10.1. The van der Waals surface area contributed by atoms with Gasteiger partial charge in [0.1, 0.15) is 5.75 Å². The molecule has 0 bridgehead atoms. The van der Waals surface area contributed by atoms with Crippen molar-refractivity contribution in [3.05, 3.63) is 28.8 Å². The van der Waals surface area contributed by atoms with Crippen LogP contribution in [0, 0.1) is 0 Å². The SMILES string of the molecule is CN(CCCCCCl)C(=O)c1cc(Cl)ccc1O. The van der Waals surface area contributed by atoms with Crippen molar-refractivity contribution < 1.29 is 9.90 Å². The van der Waals surface area contributed by atoms with E-state index in [1.165, 1.54) is 12.1 Å². The molecule has 0 fully saturated rings. The largest absolute Gasteiger partial charge is 0.507 e. The van der Waals surface area contributed by atoms with Gasteiger partial charge in [-0.15, -0.1) is 11.6 Å². The number of carbonyl (C=O) groups is 1. The van der Waals surface area contributed by atoms with E-state index < -0.39 is 0 Å². The van der Waals surface area contributed by atoms with Gasteiger partial charge in [-0.25, -0.2) is 0 Å². The quantitative estimate of drug-likeness (QED) is 0.643. The van der Waals surface area contributed by atoms with Gasteiger partial charge >= 0.3 is 0 Å². The van der Waals surface area contributed by atoms with Crippen LogP contribution in [0.15, 0.2) is 18.2 Å². The number of alkyl halides is 1. The molecule has 1 aromatic rings. The topological polar surface area (TPSA) is 40.5 Å². The Labute approximate surface area is 117 Å². The van der Waals surface area contributed by atoms with Crippen LogP contribution in [-0.2, 0) is 0 Å². The number of benzene rings is 1. The number of amides is 1. The second-order valence-electron chi connectivity index (χ2n) is 4.14. The summed E-state index contributed by atoms with van der Waals surface area (Å²) in [7, 11) is 1.71. The molecule has 1 aromatic carbocycles. The van der Waals surface area contributed by atoms with E-state index in [2.05, 4.69) is 0 Å². The molecule has 100 valence electrons. The van der Waals surface area contributed by atoms with Crippen molar-refractivity contribution in [2.75, 3.05) is 19.5 Å². The Morgan fingerprint density at radius 3 is 2.72 bits per heavy atom. The van der Waals surface area contributed by atoms with E-state index in [0.717, 1.165) is 19.3 Å². The molecule has 0 spiro atoms. The van der Waals surface area contributed by atoms with Crippen LogP contribution in [0.5, 0.6) is 5.75 Å². The number of halogens is 2. The predicted molar refractivity (Wildman–Crippen MR) is 74.6 cm³/mol. The number of hydrogen-bond acceptors (Lipinski definition) is 2. The number of phenolic OH excluding ortho intramolecular Hbond substituents is 1. The highest BCUT2D eigenvalue weighted by Gasteiger charge is 2.15. The number of nitrogens with zero attached hydrogens (tertiary/aromatic N) is 1. The molecule has 3 nitrogen and oxygen atoms in total. The van der Waals surface area contributed by atoms with Crippen LogP contribution < -0.4 is 0 Å². The third-order valence-corrected chi connectivity index (χ3v) is 3.17. The number of aromatic hydroxyl groups is 1. The van der Waals surface area contributed by atoms with Crippen molar-refractivity contribution in [3.63, 3.8) is 0 Å². The first kappa shape index (κ1) is 15.1. The first-order valence-corrected chi connectivity index (χ1v) is 6.77. The van der Waals surface area contributed by atoms with Crippen LogP contribution in [0.25, 0.3) is 0 Å². The fraction of sp³-hybridized carbons (Fsp3) is 0.462. The molecular weight excluding hydrogens is 273 g/mol. The van der Waals surface area contributed by atoms with Gasteiger partial charge < -0.3 is 10.0 Å². The van der Waals surface area contributed by atoms with Crippen LogP contribution in [-0.4, -0.2) is 35.4 Å². The molecule has 1 amide bonds.